The van der Waals surface area contributed by atoms with E-state index in [0.717, 1.165) is 32.1 Å². The number of rotatable bonds is 7. The van der Waals surface area contributed by atoms with E-state index in [1.54, 1.807) is 6.26 Å². The van der Waals surface area contributed by atoms with E-state index in [4.69, 9.17) is 9.15 Å². The van der Waals surface area contributed by atoms with Crippen LogP contribution in [0.2, 0.25) is 0 Å². The Labute approximate surface area is 85.4 Å². The van der Waals surface area contributed by atoms with Gasteiger partial charge in [0.05, 0.1) is 19.4 Å². The molecule has 0 unspecified atom stereocenters. The predicted octanol–water partition coefficient (Wildman–Crippen LogP) is 2.04. The van der Waals surface area contributed by atoms with Gasteiger partial charge in [-0.15, -0.1) is 0 Å². The zero-order valence-electron chi connectivity index (χ0n) is 8.95. The van der Waals surface area contributed by atoms with Gasteiger partial charge in [-0.25, -0.2) is 0 Å². The molecule has 14 heavy (non-hydrogen) atoms. The molecule has 0 aliphatic carbocycles. The van der Waals surface area contributed by atoms with Crippen molar-refractivity contribution < 1.29 is 9.15 Å². The van der Waals surface area contributed by atoms with Gasteiger partial charge in [-0.1, -0.05) is 13.8 Å². The molecule has 0 radical (unpaired) electrons. The van der Waals surface area contributed by atoms with Crippen LogP contribution in [0.15, 0.2) is 22.8 Å². The largest absolute Gasteiger partial charge is 0.468 e. The maximum atomic E-state index is 5.42. The van der Waals surface area contributed by atoms with Crippen molar-refractivity contribution in [1.82, 2.24) is 5.32 Å². The maximum absolute atomic E-state index is 5.42. The highest BCUT2D eigenvalue weighted by molar-refractivity contribution is 4.97. The van der Waals surface area contributed by atoms with E-state index in [1.807, 2.05) is 12.1 Å². The standard InChI is InChI=1S/C11H19NO2/c1-10(2)9-13-7-5-12-8-11-4-3-6-14-11/h3-4,6,10,12H,5,7-9H2,1-2H3. The molecule has 0 saturated heterocycles. The summed E-state index contributed by atoms with van der Waals surface area (Å²) in [6, 6.07) is 3.86. The van der Waals surface area contributed by atoms with Crippen LogP contribution in [0, 0.1) is 5.92 Å². The summed E-state index contributed by atoms with van der Waals surface area (Å²) in [5.74, 6) is 1.58. The van der Waals surface area contributed by atoms with Crippen LogP contribution in [0.4, 0.5) is 0 Å². The first-order valence-electron chi connectivity index (χ1n) is 5.10. The third kappa shape index (κ3) is 5.04. The Bertz CT molecular complexity index is 219. The molecular weight excluding hydrogens is 178 g/mol. The minimum absolute atomic E-state index is 0.611. The second kappa shape index (κ2) is 6.62. The molecule has 0 aliphatic rings. The quantitative estimate of drug-likeness (QED) is 0.679. The molecule has 0 aliphatic heterocycles. The van der Waals surface area contributed by atoms with Crippen LogP contribution < -0.4 is 5.32 Å². The fourth-order valence-electron chi connectivity index (χ4n) is 1.09. The number of hydrogen-bond acceptors (Lipinski definition) is 3. The lowest BCUT2D eigenvalue weighted by Crippen LogP contribution is -2.19. The maximum Gasteiger partial charge on any atom is 0.117 e. The average molecular weight is 197 g/mol. The summed E-state index contributed by atoms with van der Waals surface area (Å²) in [5.41, 5.74) is 0. The first-order valence-corrected chi connectivity index (χ1v) is 5.10. The molecule has 3 heteroatoms. The predicted molar refractivity (Wildman–Crippen MR) is 56.1 cm³/mol. The van der Waals surface area contributed by atoms with Crippen LogP contribution in [-0.2, 0) is 11.3 Å². The fourth-order valence-corrected chi connectivity index (χ4v) is 1.09. The zero-order chi connectivity index (χ0) is 10.2. The van der Waals surface area contributed by atoms with Crippen molar-refractivity contribution in [1.29, 1.82) is 0 Å². The second-order valence-corrected chi connectivity index (χ2v) is 3.72. The lowest BCUT2D eigenvalue weighted by atomic mass is 10.2. The van der Waals surface area contributed by atoms with E-state index >= 15 is 0 Å². The topological polar surface area (TPSA) is 34.4 Å². The SMILES string of the molecule is CC(C)COCCNCc1ccco1. The molecule has 1 heterocycles. The summed E-state index contributed by atoms with van der Waals surface area (Å²) < 4.78 is 10.6. The fraction of sp³-hybridized carbons (Fsp3) is 0.636. The van der Waals surface area contributed by atoms with E-state index in [-0.39, 0.29) is 0 Å². The Balaban J connectivity index is 1.90. The Morgan fingerprint density at radius 2 is 2.36 bits per heavy atom. The Kier molecular flexibility index (Phi) is 5.33. The zero-order valence-corrected chi connectivity index (χ0v) is 8.95. The van der Waals surface area contributed by atoms with E-state index in [9.17, 15) is 0 Å². The first-order chi connectivity index (χ1) is 6.79. The molecule has 0 atom stereocenters. The van der Waals surface area contributed by atoms with Gasteiger partial charge in [-0.3, -0.25) is 0 Å². The van der Waals surface area contributed by atoms with Crippen molar-refractivity contribution in [3.63, 3.8) is 0 Å². The van der Waals surface area contributed by atoms with Crippen LogP contribution >= 0.6 is 0 Å². The smallest absolute Gasteiger partial charge is 0.117 e. The normalized spacial score (nSPS) is 11.1. The highest BCUT2D eigenvalue weighted by Crippen LogP contribution is 1.98. The summed E-state index contributed by atoms with van der Waals surface area (Å²) in [4.78, 5) is 0. The molecule has 1 rings (SSSR count). The second-order valence-electron chi connectivity index (χ2n) is 3.72. The first kappa shape index (κ1) is 11.3. The van der Waals surface area contributed by atoms with E-state index in [0.29, 0.717) is 5.92 Å². The molecular formula is C11H19NO2. The van der Waals surface area contributed by atoms with Crippen molar-refractivity contribution in [2.45, 2.75) is 20.4 Å². The van der Waals surface area contributed by atoms with Gasteiger partial charge in [-0.2, -0.15) is 0 Å². The molecule has 1 aromatic rings. The van der Waals surface area contributed by atoms with Crippen molar-refractivity contribution in [2.24, 2.45) is 5.92 Å². The summed E-state index contributed by atoms with van der Waals surface area (Å²) in [5, 5.41) is 3.24. The molecule has 0 bridgehead atoms. The summed E-state index contributed by atoms with van der Waals surface area (Å²) in [7, 11) is 0. The van der Waals surface area contributed by atoms with E-state index < -0.39 is 0 Å². The van der Waals surface area contributed by atoms with E-state index in [1.165, 1.54) is 0 Å². The van der Waals surface area contributed by atoms with Gasteiger partial charge in [0, 0.05) is 13.2 Å². The minimum atomic E-state index is 0.611. The van der Waals surface area contributed by atoms with E-state index in [2.05, 4.69) is 19.2 Å². The van der Waals surface area contributed by atoms with Crippen LogP contribution in [0.1, 0.15) is 19.6 Å². The van der Waals surface area contributed by atoms with Crippen LogP contribution in [0.25, 0.3) is 0 Å². The Morgan fingerprint density at radius 3 is 3.00 bits per heavy atom. The van der Waals surface area contributed by atoms with Gasteiger partial charge in [-0.05, 0) is 18.1 Å². The lowest BCUT2D eigenvalue weighted by Gasteiger charge is -2.06. The molecule has 0 amide bonds. The molecule has 80 valence electrons. The molecule has 0 saturated carbocycles. The molecule has 1 N–H and O–H groups in total. The summed E-state index contributed by atoms with van der Waals surface area (Å²) in [6.45, 7) is 7.54. The van der Waals surface area contributed by atoms with Crippen molar-refractivity contribution in [2.75, 3.05) is 19.8 Å². The monoisotopic (exact) mass is 197 g/mol. The van der Waals surface area contributed by atoms with Crippen molar-refractivity contribution in [3.05, 3.63) is 24.2 Å². The van der Waals surface area contributed by atoms with Gasteiger partial charge < -0.3 is 14.5 Å². The minimum Gasteiger partial charge on any atom is -0.468 e. The van der Waals surface area contributed by atoms with Crippen molar-refractivity contribution >= 4 is 0 Å². The third-order valence-corrected chi connectivity index (χ3v) is 1.75. The molecule has 0 aromatic carbocycles. The van der Waals surface area contributed by atoms with Gasteiger partial charge in [0.1, 0.15) is 5.76 Å². The lowest BCUT2D eigenvalue weighted by molar-refractivity contribution is 0.111. The number of furan rings is 1. The molecule has 1 aromatic heterocycles. The average Bonchev–Trinajstić information content (AvgIpc) is 2.63. The molecule has 0 spiro atoms. The van der Waals surface area contributed by atoms with Gasteiger partial charge in [0.25, 0.3) is 0 Å². The number of nitrogens with one attached hydrogen (secondary N) is 1. The van der Waals surface area contributed by atoms with Crippen LogP contribution in [0.5, 0.6) is 0 Å². The summed E-state index contributed by atoms with van der Waals surface area (Å²) in [6.07, 6.45) is 1.69. The Hall–Kier alpha value is -0.800. The van der Waals surface area contributed by atoms with Gasteiger partial charge in [0.2, 0.25) is 0 Å². The van der Waals surface area contributed by atoms with Crippen molar-refractivity contribution in [3.8, 4) is 0 Å². The number of ether oxygens (including phenoxy) is 1. The summed E-state index contributed by atoms with van der Waals surface area (Å²) >= 11 is 0. The molecule has 3 nitrogen and oxygen atoms in total. The number of hydrogen-bond donors (Lipinski definition) is 1. The third-order valence-electron chi connectivity index (χ3n) is 1.75. The van der Waals surface area contributed by atoms with Gasteiger partial charge in [0.15, 0.2) is 0 Å². The highest BCUT2D eigenvalue weighted by Gasteiger charge is 1.95. The highest BCUT2D eigenvalue weighted by atomic mass is 16.5. The van der Waals surface area contributed by atoms with Crippen LogP contribution in [0.3, 0.4) is 0 Å². The Morgan fingerprint density at radius 1 is 1.50 bits per heavy atom. The van der Waals surface area contributed by atoms with Gasteiger partial charge >= 0.3 is 0 Å². The van der Waals surface area contributed by atoms with Crippen LogP contribution in [-0.4, -0.2) is 19.8 Å². The molecule has 0 fully saturated rings.